The molecule has 0 aromatic heterocycles. The second kappa shape index (κ2) is 6.76. The lowest BCUT2D eigenvalue weighted by Crippen LogP contribution is -2.48. The minimum Gasteiger partial charge on any atom is -0.373 e. The summed E-state index contributed by atoms with van der Waals surface area (Å²) < 4.78 is 5.64. The Labute approximate surface area is 129 Å². The molecule has 4 nitrogen and oxygen atoms in total. The molecule has 0 saturated carbocycles. The Kier molecular flexibility index (Phi) is 5.27. The molecule has 1 fully saturated rings. The van der Waals surface area contributed by atoms with Crippen molar-refractivity contribution in [1.82, 2.24) is 4.90 Å². The fourth-order valence-electron chi connectivity index (χ4n) is 2.44. The Balaban J connectivity index is 1.92. The summed E-state index contributed by atoms with van der Waals surface area (Å²) in [4.78, 5) is 14.1. The molecule has 0 spiro atoms. The zero-order valence-electron chi connectivity index (χ0n) is 11.5. The van der Waals surface area contributed by atoms with Crippen LogP contribution in [0.5, 0.6) is 0 Å². The average molecular weight is 317 g/mol. The highest BCUT2D eigenvalue weighted by Crippen LogP contribution is 2.22. The van der Waals surface area contributed by atoms with E-state index < -0.39 is 0 Å². The molecule has 0 unspecified atom stereocenters. The number of benzene rings is 1. The monoisotopic (exact) mass is 316 g/mol. The van der Waals surface area contributed by atoms with Gasteiger partial charge in [0.2, 0.25) is 5.91 Å². The van der Waals surface area contributed by atoms with Gasteiger partial charge in [0, 0.05) is 28.8 Å². The molecule has 1 aromatic rings. The van der Waals surface area contributed by atoms with Gasteiger partial charge in [0.15, 0.2) is 0 Å². The topological polar surface area (TPSA) is 41.6 Å². The van der Waals surface area contributed by atoms with Crippen LogP contribution in [0.4, 0.5) is 5.69 Å². The van der Waals surface area contributed by atoms with Crippen LogP contribution in [0.15, 0.2) is 18.2 Å². The highest BCUT2D eigenvalue weighted by atomic mass is 35.5. The van der Waals surface area contributed by atoms with Gasteiger partial charge in [-0.3, -0.25) is 9.69 Å². The van der Waals surface area contributed by atoms with Crippen LogP contribution in [0.1, 0.15) is 13.8 Å². The number of hydrogen-bond acceptors (Lipinski definition) is 3. The average Bonchev–Trinajstić information content (AvgIpc) is 2.24. The Morgan fingerprint density at radius 2 is 1.80 bits per heavy atom. The molecule has 1 aromatic carbocycles. The van der Waals surface area contributed by atoms with Crippen molar-refractivity contribution >= 4 is 34.8 Å². The van der Waals surface area contributed by atoms with E-state index in [0.29, 0.717) is 22.3 Å². The van der Waals surface area contributed by atoms with E-state index in [4.69, 9.17) is 27.9 Å². The fraction of sp³-hybridized carbons (Fsp3) is 0.500. The summed E-state index contributed by atoms with van der Waals surface area (Å²) in [5.41, 5.74) is 0.613. The number of hydrogen-bond donors (Lipinski definition) is 1. The molecule has 0 radical (unpaired) electrons. The summed E-state index contributed by atoms with van der Waals surface area (Å²) in [6.07, 6.45) is 0.291. The summed E-state index contributed by atoms with van der Waals surface area (Å²) in [5.74, 6) is -0.0790. The second-order valence-electron chi connectivity index (χ2n) is 5.16. The van der Waals surface area contributed by atoms with E-state index in [1.54, 1.807) is 18.2 Å². The minimum atomic E-state index is -0.0790. The summed E-state index contributed by atoms with van der Waals surface area (Å²) in [7, 11) is 0. The maximum absolute atomic E-state index is 12.0. The van der Waals surface area contributed by atoms with Crippen LogP contribution in [-0.4, -0.2) is 42.6 Å². The van der Waals surface area contributed by atoms with Crippen LogP contribution in [0.25, 0.3) is 0 Å². The van der Waals surface area contributed by atoms with Crippen LogP contribution in [0.2, 0.25) is 10.0 Å². The number of morpholine rings is 1. The predicted molar refractivity (Wildman–Crippen MR) is 81.5 cm³/mol. The largest absolute Gasteiger partial charge is 0.373 e. The van der Waals surface area contributed by atoms with Gasteiger partial charge in [0.25, 0.3) is 0 Å². The van der Waals surface area contributed by atoms with Crippen molar-refractivity contribution in [1.29, 1.82) is 0 Å². The van der Waals surface area contributed by atoms with Gasteiger partial charge < -0.3 is 10.1 Å². The maximum Gasteiger partial charge on any atom is 0.238 e. The first-order chi connectivity index (χ1) is 9.42. The van der Waals surface area contributed by atoms with Gasteiger partial charge >= 0.3 is 0 Å². The number of rotatable bonds is 3. The zero-order chi connectivity index (χ0) is 14.7. The molecular weight excluding hydrogens is 299 g/mol. The molecule has 2 rings (SSSR count). The van der Waals surface area contributed by atoms with Crippen molar-refractivity contribution < 1.29 is 9.53 Å². The SMILES string of the molecule is C[C@H]1CN(CC(=O)Nc2cc(Cl)cc(Cl)c2)C[C@H](C)O1. The van der Waals surface area contributed by atoms with Crippen molar-refractivity contribution in [2.24, 2.45) is 0 Å². The van der Waals surface area contributed by atoms with E-state index in [1.165, 1.54) is 0 Å². The first-order valence-electron chi connectivity index (χ1n) is 6.56. The second-order valence-corrected chi connectivity index (χ2v) is 6.03. The summed E-state index contributed by atoms with van der Waals surface area (Å²) in [6.45, 7) is 5.87. The highest BCUT2D eigenvalue weighted by Gasteiger charge is 2.23. The lowest BCUT2D eigenvalue weighted by atomic mass is 10.2. The number of nitrogens with one attached hydrogen (secondary N) is 1. The zero-order valence-corrected chi connectivity index (χ0v) is 13.0. The quantitative estimate of drug-likeness (QED) is 0.932. The Morgan fingerprint density at radius 3 is 2.35 bits per heavy atom. The highest BCUT2D eigenvalue weighted by molar-refractivity contribution is 6.35. The Bertz CT molecular complexity index is 466. The molecule has 1 aliphatic rings. The van der Waals surface area contributed by atoms with Crippen molar-refractivity contribution in [3.05, 3.63) is 28.2 Å². The van der Waals surface area contributed by atoms with Crippen LogP contribution < -0.4 is 5.32 Å². The van der Waals surface area contributed by atoms with E-state index in [-0.39, 0.29) is 18.1 Å². The smallest absolute Gasteiger partial charge is 0.238 e. The number of nitrogens with zero attached hydrogens (tertiary/aromatic N) is 1. The molecule has 2 atom stereocenters. The number of carbonyl (C=O) groups excluding carboxylic acids is 1. The van der Waals surface area contributed by atoms with Gasteiger partial charge in [-0.1, -0.05) is 23.2 Å². The van der Waals surface area contributed by atoms with Gasteiger partial charge in [-0.25, -0.2) is 0 Å². The molecule has 1 saturated heterocycles. The molecule has 1 amide bonds. The molecule has 0 aliphatic carbocycles. The maximum atomic E-state index is 12.0. The molecular formula is C14H18Cl2N2O2. The number of anilines is 1. The summed E-state index contributed by atoms with van der Waals surface area (Å²) in [6, 6.07) is 4.98. The minimum absolute atomic E-state index is 0.0790. The van der Waals surface area contributed by atoms with Crippen molar-refractivity contribution in [2.45, 2.75) is 26.1 Å². The van der Waals surface area contributed by atoms with E-state index in [9.17, 15) is 4.79 Å². The van der Waals surface area contributed by atoms with Crippen molar-refractivity contribution in [3.63, 3.8) is 0 Å². The fourth-order valence-corrected chi connectivity index (χ4v) is 2.97. The summed E-state index contributed by atoms with van der Waals surface area (Å²) in [5, 5.41) is 3.81. The standard InChI is InChI=1S/C14H18Cl2N2O2/c1-9-6-18(7-10(2)20-9)8-14(19)17-13-4-11(15)3-12(16)5-13/h3-5,9-10H,6-8H2,1-2H3,(H,17,19)/t9-,10-/m0/s1. The third-order valence-corrected chi connectivity index (χ3v) is 3.45. The normalized spacial score (nSPS) is 23.6. The first-order valence-corrected chi connectivity index (χ1v) is 7.31. The molecule has 6 heteroatoms. The third-order valence-electron chi connectivity index (χ3n) is 3.01. The van der Waals surface area contributed by atoms with E-state index in [2.05, 4.69) is 10.2 Å². The van der Waals surface area contributed by atoms with E-state index in [0.717, 1.165) is 13.1 Å². The lowest BCUT2D eigenvalue weighted by molar-refractivity contribution is -0.121. The first kappa shape index (κ1) is 15.6. The Hall–Kier alpha value is -0.810. The molecule has 1 N–H and O–H groups in total. The van der Waals surface area contributed by atoms with Gasteiger partial charge in [-0.15, -0.1) is 0 Å². The van der Waals surface area contributed by atoms with Gasteiger partial charge in [-0.2, -0.15) is 0 Å². The van der Waals surface area contributed by atoms with Crippen LogP contribution >= 0.6 is 23.2 Å². The molecule has 110 valence electrons. The number of amides is 1. The van der Waals surface area contributed by atoms with Crippen LogP contribution in [-0.2, 0) is 9.53 Å². The van der Waals surface area contributed by atoms with Crippen molar-refractivity contribution in [3.8, 4) is 0 Å². The van der Waals surface area contributed by atoms with Gasteiger partial charge in [0.1, 0.15) is 0 Å². The molecule has 0 bridgehead atoms. The van der Waals surface area contributed by atoms with Gasteiger partial charge in [-0.05, 0) is 32.0 Å². The number of halogens is 2. The molecule has 1 heterocycles. The summed E-state index contributed by atoms with van der Waals surface area (Å²) >= 11 is 11.8. The molecule has 20 heavy (non-hydrogen) atoms. The van der Waals surface area contributed by atoms with E-state index in [1.807, 2.05) is 13.8 Å². The van der Waals surface area contributed by atoms with Crippen molar-refractivity contribution in [2.75, 3.05) is 25.0 Å². The third kappa shape index (κ3) is 4.63. The lowest BCUT2D eigenvalue weighted by Gasteiger charge is -2.34. The van der Waals surface area contributed by atoms with Crippen LogP contribution in [0.3, 0.4) is 0 Å². The van der Waals surface area contributed by atoms with Crippen LogP contribution in [0, 0.1) is 0 Å². The number of carbonyl (C=O) groups is 1. The molecule has 1 aliphatic heterocycles. The van der Waals surface area contributed by atoms with Gasteiger partial charge in [0.05, 0.1) is 18.8 Å². The predicted octanol–water partition coefficient (Wildman–Crippen LogP) is 3.04. The number of ether oxygens (including phenoxy) is 1. The Morgan fingerprint density at radius 1 is 1.25 bits per heavy atom. The van der Waals surface area contributed by atoms with E-state index >= 15 is 0 Å².